The first kappa shape index (κ1) is 10.8. The minimum atomic E-state index is -0.349. The SMILES string of the molecule is C=COC(=O)c1cccc2c1-c1ccccc1C2. The maximum atomic E-state index is 11.9. The van der Waals surface area contributed by atoms with Gasteiger partial charge in [-0.3, -0.25) is 0 Å². The molecule has 2 aromatic carbocycles. The number of esters is 1. The molecule has 0 N–H and O–H groups in total. The quantitative estimate of drug-likeness (QED) is 0.502. The van der Waals surface area contributed by atoms with Crippen LogP contribution in [0.1, 0.15) is 21.5 Å². The van der Waals surface area contributed by atoms with Gasteiger partial charge in [0.1, 0.15) is 0 Å². The zero-order chi connectivity index (χ0) is 12.5. The Hall–Kier alpha value is -2.35. The van der Waals surface area contributed by atoms with Gasteiger partial charge in [-0.2, -0.15) is 0 Å². The van der Waals surface area contributed by atoms with Crippen LogP contribution in [0.5, 0.6) is 0 Å². The zero-order valence-electron chi connectivity index (χ0n) is 9.85. The van der Waals surface area contributed by atoms with Crippen LogP contribution in [0.15, 0.2) is 55.3 Å². The van der Waals surface area contributed by atoms with Crippen molar-refractivity contribution in [2.75, 3.05) is 0 Å². The van der Waals surface area contributed by atoms with Crippen LogP contribution in [0, 0.1) is 0 Å². The van der Waals surface area contributed by atoms with Gasteiger partial charge in [-0.05, 0) is 29.2 Å². The highest BCUT2D eigenvalue weighted by Crippen LogP contribution is 2.38. The molecule has 88 valence electrons. The zero-order valence-corrected chi connectivity index (χ0v) is 9.85. The van der Waals surface area contributed by atoms with Gasteiger partial charge in [-0.25, -0.2) is 4.79 Å². The minimum Gasteiger partial charge on any atom is -0.432 e. The van der Waals surface area contributed by atoms with Crippen molar-refractivity contribution in [1.29, 1.82) is 0 Å². The average Bonchev–Trinajstić information content (AvgIpc) is 2.77. The number of fused-ring (bicyclic) bond motifs is 3. The van der Waals surface area contributed by atoms with Gasteiger partial charge in [0.2, 0.25) is 0 Å². The van der Waals surface area contributed by atoms with Crippen molar-refractivity contribution in [3.05, 3.63) is 72.0 Å². The summed E-state index contributed by atoms with van der Waals surface area (Å²) in [6.45, 7) is 3.42. The highest BCUT2D eigenvalue weighted by atomic mass is 16.5. The largest absolute Gasteiger partial charge is 0.432 e. The van der Waals surface area contributed by atoms with E-state index in [1.54, 1.807) is 6.07 Å². The van der Waals surface area contributed by atoms with Crippen molar-refractivity contribution in [3.8, 4) is 11.1 Å². The predicted octanol–water partition coefficient (Wildman–Crippen LogP) is 3.56. The van der Waals surface area contributed by atoms with E-state index in [0.29, 0.717) is 5.56 Å². The molecule has 0 fully saturated rings. The lowest BCUT2D eigenvalue weighted by atomic mass is 10.00. The van der Waals surface area contributed by atoms with E-state index in [0.717, 1.165) is 17.5 Å². The third-order valence-electron chi connectivity index (χ3n) is 3.23. The molecule has 0 bridgehead atoms. The normalized spacial score (nSPS) is 11.6. The van der Waals surface area contributed by atoms with Crippen LogP contribution in [-0.4, -0.2) is 5.97 Å². The summed E-state index contributed by atoms with van der Waals surface area (Å²) in [5.74, 6) is -0.349. The highest BCUT2D eigenvalue weighted by Gasteiger charge is 2.23. The van der Waals surface area contributed by atoms with Crippen LogP contribution < -0.4 is 0 Å². The van der Waals surface area contributed by atoms with E-state index in [-0.39, 0.29) is 5.97 Å². The number of hydrogen-bond acceptors (Lipinski definition) is 2. The van der Waals surface area contributed by atoms with Gasteiger partial charge in [0.25, 0.3) is 0 Å². The fraction of sp³-hybridized carbons (Fsp3) is 0.0625. The second kappa shape index (κ2) is 4.15. The van der Waals surface area contributed by atoms with Gasteiger partial charge < -0.3 is 4.74 Å². The lowest BCUT2D eigenvalue weighted by Crippen LogP contribution is -2.03. The second-order valence-corrected chi connectivity index (χ2v) is 4.25. The third kappa shape index (κ3) is 1.54. The van der Waals surface area contributed by atoms with Crippen LogP contribution >= 0.6 is 0 Å². The van der Waals surface area contributed by atoms with Crippen molar-refractivity contribution < 1.29 is 9.53 Å². The van der Waals surface area contributed by atoms with Crippen LogP contribution in [0.4, 0.5) is 0 Å². The number of hydrogen-bond donors (Lipinski definition) is 0. The molecule has 1 aliphatic rings. The first-order chi connectivity index (χ1) is 8.81. The van der Waals surface area contributed by atoms with Crippen molar-refractivity contribution in [1.82, 2.24) is 0 Å². The molecule has 0 spiro atoms. The van der Waals surface area contributed by atoms with E-state index in [4.69, 9.17) is 4.74 Å². The second-order valence-electron chi connectivity index (χ2n) is 4.25. The fourth-order valence-corrected chi connectivity index (χ4v) is 2.50. The van der Waals surface area contributed by atoms with E-state index in [2.05, 4.69) is 18.7 Å². The van der Waals surface area contributed by atoms with Crippen molar-refractivity contribution in [2.45, 2.75) is 6.42 Å². The van der Waals surface area contributed by atoms with Crippen LogP contribution in [0.2, 0.25) is 0 Å². The predicted molar refractivity (Wildman–Crippen MR) is 70.3 cm³/mol. The van der Waals surface area contributed by atoms with E-state index in [9.17, 15) is 4.79 Å². The van der Waals surface area contributed by atoms with Crippen LogP contribution in [-0.2, 0) is 11.2 Å². The number of carbonyl (C=O) groups excluding carboxylic acids is 1. The molecule has 0 amide bonds. The Morgan fingerprint density at radius 2 is 1.89 bits per heavy atom. The molecule has 0 heterocycles. The maximum absolute atomic E-state index is 11.9. The summed E-state index contributed by atoms with van der Waals surface area (Å²) >= 11 is 0. The molecular weight excluding hydrogens is 224 g/mol. The first-order valence-corrected chi connectivity index (χ1v) is 5.83. The molecule has 0 atom stereocenters. The Kier molecular flexibility index (Phi) is 2.49. The lowest BCUT2D eigenvalue weighted by molar-refractivity contribution is 0.0665. The molecule has 0 aliphatic heterocycles. The smallest absolute Gasteiger partial charge is 0.343 e. The molecule has 1 aliphatic carbocycles. The van der Waals surface area contributed by atoms with Crippen LogP contribution in [0.25, 0.3) is 11.1 Å². The van der Waals surface area contributed by atoms with E-state index >= 15 is 0 Å². The molecule has 0 saturated carbocycles. The molecular formula is C16H12O2. The fourth-order valence-electron chi connectivity index (χ4n) is 2.50. The minimum absolute atomic E-state index is 0.349. The van der Waals surface area contributed by atoms with Crippen molar-refractivity contribution in [3.63, 3.8) is 0 Å². The molecule has 0 unspecified atom stereocenters. The van der Waals surface area contributed by atoms with Crippen molar-refractivity contribution >= 4 is 5.97 Å². The van der Waals surface area contributed by atoms with Gasteiger partial charge >= 0.3 is 5.97 Å². The summed E-state index contributed by atoms with van der Waals surface area (Å²) in [4.78, 5) is 11.9. The van der Waals surface area contributed by atoms with E-state index < -0.39 is 0 Å². The Bertz CT molecular complexity index is 641. The number of carbonyl (C=O) groups is 1. The number of benzene rings is 2. The standard InChI is InChI=1S/C16H12O2/c1-2-18-16(17)14-9-5-7-12-10-11-6-3-4-8-13(11)15(12)14/h2-9H,1,10H2. The first-order valence-electron chi connectivity index (χ1n) is 5.83. The van der Waals surface area contributed by atoms with E-state index in [1.165, 1.54) is 17.4 Å². The topological polar surface area (TPSA) is 26.3 Å². The third-order valence-corrected chi connectivity index (χ3v) is 3.23. The average molecular weight is 236 g/mol. The summed E-state index contributed by atoms with van der Waals surface area (Å²) in [6, 6.07) is 13.9. The van der Waals surface area contributed by atoms with Gasteiger partial charge in [-0.15, -0.1) is 0 Å². The molecule has 0 saturated heterocycles. The van der Waals surface area contributed by atoms with E-state index in [1.807, 2.05) is 24.3 Å². The summed E-state index contributed by atoms with van der Waals surface area (Å²) < 4.78 is 4.89. The Morgan fingerprint density at radius 1 is 1.11 bits per heavy atom. The summed E-state index contributed by atoms with van der Waals surface area (Å²) in [5, 5.41) is 0. The molecule has 18 heavy (non-hydrogen) atoms. The highest BCUT2D eigenvalue weighted by molar-refractivity contribution is 6.00. The van der Waals surface area contributed by atoms with Gasteiger partial charge in [0.05, 0.1) is 11.8 Å². The lowest BCUT2D eigenvalue weighted by Gasteiger charge is -2.07. The Balaban J connectivity index is 2.20. The van der Waals surface area contributed by atoms with Crippen molar-refractivity contribution in [2.24, 2.45) is 0 Å². The number of ether oxygens (including phenoxy) is 1. The van der Waals surface area contributed by atoms with Gasteiger partial charge in [0.15, 0.2) is 0 Å². The van der Waals surface area contributed by atoms with Crippen LogP contribution in [0.3, 0.4) is 0 Å². The molecule has 0 aromatic heterocycles. The van der Waals surface area contributed by atoms with Gasteiger partial charge in [-0.1, -0.05) is 43.0 Å². The summed E-state index contributed by atoms with van der Waals surface area (Å²) in [7, 11) is 0. The van der Waals surface area contributed by atoms with Gasteiger partial charge in [0, 0.05) is 5.56 Å². The Labute approximate surface area is 106 Å². The molecule has 2 heteroatoms. The number of rotatable bonds is 2. The summed E-state index contributed by atoms with van der Waals surface area (Å²) in [6.07, 6.45) is 2.04. The summed E-state index contributed by atoms with van der Waals surface area (Å²) in [5.41, 5.74) is 5.17. The molecule has 0 radical (unpaired) electrons. The molecule has 2 nitrogen and oxygen atoms in total. The monoisotopic (exact) mass is 236 g/mol. The Morgan fingerprint density at radius 3 is 2.72 bits per heavy atom. The molecule has 3 rings (SSSR count). The molecule has 2 aromatic rings. The maximum Gasteiger partial charge on any atom is 0.343 e.